The van der Waals surface area contributed by atoms with Crippen molar-refractivity contribution in [2.75, 3.05) is 0 Å². The van der Waals surface area contributed by atoms with Crippen molar-refractivity contribution < 1.29 is 51.0 Å². The first kappa shape index (κ1) is 23.7. The average Bonchev–Trinajstić information content (AvgIpc) is 2.74. The summed E-state index contributed by atoms with van der Waals surface area (Å²) in [4.78, 5) is 0. The van der Waals surface area contributed by atoms with Crippen molar-refractivity contribution in [2.45, 2.75) is 18.5 Å². The Hall–Kier alpha value is -2.00. The van der Waals surface area contributed by atoms with Gasteiger partial charge in [-0.1, -0.05) is 0 Å². The zero-order valence-corrected chi connectivity index (χ0v) is 20.0. The molecular weight excluding hydrogens is 492 g/mol. The van der Waals surface area contributed by atoms with Crippen molar-refractivity contribution in [1.29, 1.82) is 0 Å². The first-order chi connectivity index (χ1) is 14.7. The maximum absolute atomic E-state index is 12.9. The zero-order valence-electron chi connectivity index (χ0n) is 16.0. The number of benzene rings is 3. The number of hydrogen-bond acceptors (Lipinski definition) is 2. The normalized spacial score (nSPS) is 12.6. The van der Waals surface area contributed by atoms with E-state index in [1.54, 1.807) is 91.0 Å². The molecule has 31 heavy (non-hydrogen) atoms. The molecule has 0 N–H and O–H groups in total. The molecule has 0 radical (unpaired) electrons. The van der Waals surface area contributed by atoms with Crippen molar-refractivity contribution in [3.8, 4) is 0 Å². The van der Waals surface area contributed by atoms with Crippen LogP contribution < -0.4 is 15.6 Å². The van der Waals surface area contributed by atoms with E-state index in [0.29, 0.717) is 15.6 Å². The van der Waals surface area contributed by atoms with Crippen LogP contribution >= 0.6 is 0 Å². The standard InChI is InChI=1S/C18H15OSi.C3HF6O.Zn/c19-20(16-10-4-1-5-11-16,17-12-6-2-7-13-17)18-14-8-3-9-15-18;4-2(5,6)1(10)3(7,8)9;/h1-15H;1H;/q2*-1;+2. The van der Waals surface area contributed by atoms with E-state index < -0.39 is 44.6 Å². The summed E-state index contributed by atoms with van der Waals surface area (Å²) in [5.41, 5.74) is 0. The van der Waals surface area contributed by atoms with E-state index in [4.69, 9.17) is 3.25 Å². The first-order valence-electron chi connectivity index (χ1n) is 9.21. The number of alkyl halides is 6. The third-order valence-electron chi connectivity index (χ3n) is 4.65. The first-order valence-corrected chi connectivity index (χ1v) is 13.5. The van der Waals surface area contributed by atoms with Gasteiger partial charge in [0, 0.05) is 0 Å². The van der Waals surface area contributed by atoms with Crippen LogP contribution in [0.4, 0.5) is 26.3 Å². The summed E-state index contributed by atoms with van der Waals surface area (Å²) in [7, 11) is -3.39. The van der Waals surface area contributed by atoms with Gasteiger partial charge in [0.2, 0.25) is 0 Å². The molecule has 10 heteroatoms. The molecule has 0 bridgehead atoms. The van der Waals surface area contributed by atoms with Gasteiger partial charge in [0.25, 0.3) is 0 Å². The van der Waals surface area contributed by atoms with E-state index in [9.17, 15) is 26.3 Å². The molecule has 2 nitrogen and oxygen atoms in total. The monoisotopic (exact) mass is 506 g/mol. The van der Waals surface area contributed by atoms with Crippen LogP contribution in [0.2, 0.25) is 0 Å². The molecular formula is C21H16F6O2SiZn. The van der Waals surface area contributed by atoms with Gasteiger partial charge >= 0.3 is 184 Å². The molecule has 0 unspecified atom stereocenters. The molecule has 0 fully saturated rings. The van der Waals surface area contributed by atoms with Gasteiger partial charge in [0.15, 0.2) is 0 Å². The third-order valence-corrected chi connectivity index (χ3v) is 13.1. The van der Waals surface area contributed by atoms with Crippen LogP contribution in [-0.2, 0) is 24.7 Å². The van der Waals surface area contributed by atoms with Crippen molar-refractivity contribution in [3.63, 3.8) is 0 Å². The molecule has 160 valence electrons. The number of halogens is 6. The topological polar surface area (TPSA) is 18.5 Å². The number of rotatable bonds is 7. The van der Waals surface area contributed by atoms with Crippen LogP contribution in [0.5, 0.6) is 0 Å². The number of hydrogen-bond donors (Lipinski definition) is 0. The molecule has 3 aromatic carbocycles. The van der Waals surface area contributed by atoms with E-state index >= 15 is 0 Å². The molecule has 0 aromatic heterocycles. The van der Waals surface area contributed by atoms with Crippen LogP contribution in [0.3, 0.4) is 0 Å². The van der Waals surface area contributed by atoms with Gasteiger partial charge in [0.05, 0.1) is 0 Å². The Bertz CT molecular complexity index is 842. The van der Waals surface area contributed by atoms with Crippen LogP contribution in [0.15, 0.2) is 91.0 Å². The minimum atomic E-state index is -5.57. The zero-order chi connectivity index (χ0) is 22.5. The molecule has 0 aliphatic rings. The van der Waals surface area contributed by atoms with Crippen LogP contribution in [-0.4, -0.2) is 26.8 Å². The quantitative estimate of drug-likeness (QED) is 0.272. The van der Waals surface area contributed by atoms with E-state index in [2.05, 4.69) is 3.56 Å². The van der Waals surface area contributed by atoms with Gasteiger partial charge in [0.1, 0.15) is 0 Å². The maximum atomic E-state index is 12.9. The fourth-order valence-corrected chi connectivity index (χ4v) is 12.8. The summed E-state index contributed by atoms with van der Waals surface area (Å²) in [5.74, 6) is 0. The van der Waals surface area contributed by atoms with Gasteiger partial charge in [-0.2, -0.15) is 0 Å². The SMILES string of the molecule is FC(F)(F)C([O][Zn][O][Si](c1ccccc1)(c1ccccc1)c1ccccc1)C(F)(F)F. The summed E-state index contributed by atoms with van der Waals surface area (Å²) < 4.78 is 88.2. The van der Waals surface area contributed by atoms with Gasteiger partial charge < -0.3 is 0 Å². The molecule has 0 atom stereocenters. The molecule has 0 amide bonds. The molecule has 0 saturated carbocycles. The van der Waals surface area contributed by atoms with E-state index in [1.807, 2.05) is 0 Å². The van der Waals surface area contributed by atoms with Crippen LogP contribution in [0, 0.1) is 0 Å². The second kappa shape index (κ2) is 9.65. The molecule has 3 aromatic rings. The minimum absolute atomic E-state index is 0.706. The summed E-state index contributed by atoms with van der Waals surface area (Å²) in [5, 5.41) is 2.12. The predicted molar refractivity (Wildman–Crippen MR) is 102 cm³/mol. The fourth-order valence-electron chi connectivity index (χ4n) is 3.33. The Morgan fingerprint density at radius 3 is 1.19 bits per heavy atom. The predicted octanol–water partition coefficient (Wildman–Crippen LogP) is 4.09. The second-order valence-corrected chi connectivity index (χ2v) is 13.1. The Morgan fingerprint density at radius 2 is 0.903 bits per heavy atom. The van der Waals surface area contributed by atoms with Gasteiger partial charge in [-0.15, -0.1) is 0 Å². The van der Waals surface area contributed by atoms with Gasteiger partial charge in [-0.05, 0) is 0 Å². The van der Waals surface area contributed by atoms with E-state index in [-0.39, 0.29) is 0 Å². The van der Waals surface area contributed by atoms with Gasteiger partial charge in [-0.25, -0.2) is 0 Å². The van der Waals surface area contributed by atoms with E-state index in [0.717, 1.165) is 0 Å². The Kier molecular flexibility index (Phi) is 7.36. The van der Waals surface area contributed by atoms with Crippen molar-refractivity contribution >= 4 is 23.9 Å². The van der Waals surface area contributed by atoms with Crippen molar-refractivity contribution in [3.05, 3.63) is 91.0 Å². The van der Waals surface area contributed by atoms with E-state index in [1.165, 1.54) is 0 Å². The average molecular weight is 508 g/mol. The molecule has 0 saturated heterocycles. The Morgan fingerprint density at radius 1 is 0.581 bits per heavy atom. The molecule has 0 heterocycles. The Balaban J connectivity index is 2.06. The fraction of sp³-hybridized carbons (Fsp3) is 0.143. The molecule has 0 aliphatic carbocycles. The summed E-state index contributed by atoms with van der Waals surface area (Å²) >= 11 is -3.24. The van der Waals surface area contributed by atoms with Crippen molar-refractivity contribution in [2.24, 2.45) is 0 Å². The van der Waals surface area contributed by atoms with Crippen molar-refractivity contribution in [1.82, 2.24) is 0 Å². The third kappa shape index (κ3) is 5.44. The summed E-state index contributed by atoms with van der Waals surface area (Å²) in [6, 6.07) is 26.5. The van der Waals surface area contributed by atoms with Gasteiger partial charge in [-0.3, -0.25) is 0 Å². The summed E-state index contributed by atoms with van der Waals surface area (Å²) in [6.45, 7) is 0. The van der Waals surface area contributed by atoms with Crippen LogP contribution in [0.1, 0.15) is 0 Å². The summed E-state index contributed by atoms with van der Waals surface area (Å²) in [6.07, 6.45) is -15.0. The molecule has 0 aliphatic heterocycles. The second-order valence-electron chi connectivity index (χ2n) is 6.67. The molecule has 3 rings (SSSR count). The molecule has 0 spiro atoms. The van der Waals surface area contributed by atoms with Crippen LogP contribution in [0.25, 0.3) is 0 Å². The Labute approximate surface area is 184 Å².